The lowest BCUT2D eigenvalue weighted by Gasteiger charge is -2.29. The molecule has 2 fully saturated rings. The molecule has 0 radical (unpaired) electrons. The molecule has 0 aromatic heterocycles. The van der Waals surface area contributed by atoms with E-state index in [0.717, 1.165) is 30.9 Å². The van der Waals surface area contributed by atoms with Crippen molar-refractivity contribution in [1.29, 1.82) is 0 Å². The number of thioether (sulfide) groups is 1. The zero-order valence-corrected chi connectivity index (χ0v) is 11.9. The summed E-state index contributed by atoms with van der Waals surface area (Å²) in [5.41, 5.74) is 0.975. The van der Waals surface area contributed by atoms with Gasteiger partial charge in [-0.15, -0.1) is 11.8 Å². The molecule has 0 atom stereocenters. The first-order chi connectivity index (χ1) is 9.34. The van der Waals surface area contributed by atoms with Gasteiger partial charge < -0.3 is 0 Å². The molecule has 3 rings (SSSR count). The Morgan fingerprint density at radius 2 is 1.89 bits per heavy atom. The van der Waals surface area contributed by atoms with Crippen LogP contribution in [0.2, 0.25) is 0 Å². The molecule has 100 valence electrons. The SMILES string of the molecule is O=C=NC1(c2ccccc2SC2CCC2)CCCC1. The molecule has 2 aliphatic rings. The first-order valence-corrected chi connectivity index (χ1v) is 8.07. The number of aliphatic imine (C=N–C) groups is 1. The smallest absolute Gasteiger partial charge is 0.211 e. The molecule has 19 heavy (non-hydrogen) atoms. The molecule has 0 unspecified atom stereocenters. The van der Waals surface area contributed by atoms with E-state index in [1.165, 1.54) is 29.7 Å². The normalized spacial score (nSPS) is 21.7. The summed E-state index contributed by atoms with van der Waals surface area (Å²) in [6.45, 7) is 0. The number of benzene rings is 1. The Bertz CT molecular complexity index is 497. The van der Waals surface area contributed by atoms with Crippen molar-refractivity contribution in [3.8, 4) is 0 Å². The lowest BCUT2D eigenvalue weighted by Crippen LogP contribution is -2.21. The van der Waals surface area contributed by atoms with Gasteiger partial charge in [0.25, 0.3) is 0 Å². The van der Waals surface area contributed by atoms with E-state index in [9.17, 15) is 4.79 Å². The summed E-state index contributed by atoms with van der Waals surface area (Å²) in [4.78, 5) is 16.4. The molecule has 1 aromatic rings. The summed E-state index contributed by atoms with van der Waals surface area (Å²) in [6.07, 6.45) is 10.1. The number of hydrogen-bond donors (Lipinski definition) is 0. The molecule has 2 saturated carbocycles. The Hall–Kier alpha value is -1.05. The summed E-state index contributed by atoms with van der Waals surface area (Å²) < 4.78 is 0. The topological polar surface area (TPSA) is 29.4 Å². The summed E-state index contributed by atoms with van der Waals surface area (Å²) in [5, 5.41) is 0.764. The van der Waals surface area contributed by atoms with Crippen LogP contribution in [0, 0.1) is 0 Å². The molecule has 0 saturated heterocycles. The van der Waals surface area contributed by atoms with E-state index in [0.29, 0.717) is 0 Å². The van der Waals surface area contributed by atoms with Crippen molar-refractivity contribution >= 4 is 17.8 Å². The molecule has 0 amide bonds. The number of nitrogens with zero attached hydrogens (tertiary/aromatic N) is 1. The van der Waals surface area contributed by atoms with Crippen LogP contribution in [0.4, 0.5) is 0 Å². The van der Waals surface area contributed by atoms with Crippen LogP contribution in [-0.2, 0) is 10.3 Å². The molecule has 0 heterocycles. The molecule has 1 aromatic carbocycles. The van der Waals surface area contributed by atoms with Gasteiger partial charge in [0.05, 0.1) is 5.54 Å². The third kappa shape index (κ3) is 2.50. The van der Waals surface area contributed by atoms with Crippen molar-refractivity contribution < 1.29 is 4.79 Å². The third-order valence-corrected chi connectivity index (χ3v) is 5.84. The number of rotatable bonds is 4. The van der Waals surface area contributed by atoms with Gasteiger partial charge in [-0.25, -0.2) is 4.79 Å². The Morgan fingerprint density at radius 1 is 1.16 bits per heavy atom. The fourth-order valence-corrected chi connectivity index (χ4v) is 4.58. The van der Waals surface area contributed by atoms with Gasteiger partial charge in [-0.05, 0) is 37.3 Å². The first-order valence-electron chi connectivity index (χ1n) is 7.19. The van der Waals surface area contributed by atoms with Gasteiger partial charge >= 0.3 is 0 Å². The van der Waals surface area contributed by atoms with Crippen molar-refractivity contribution in [1.82, 2.24) is 0 Å². The summed E-state index contributed by atoms with van der Waals surface area (Å²) in [5.74, 6) is 0. The van der Waals surface area contributed by atoms with Crippen LogP contribution in [0.5, 0.6) is 0 Å². The maximum Gasteiger partial charge on any atom is 0.235 e. The van der Waals surface area contributed by atoms with E-state index in [1.54, 1.807) is 0 Å². The summed E-state index contributed by atoms with van der Waals surface area (Å²) in [7, 11) is 0. The average molecular weight is 273 g/mol. The van der Waals surface area contributed by atoms with Crippen LogP contribution < -0.4 is 0 Å². The highest BCUT2D eigenvalue weighted by Gasteiger charge is 2.37. The molecule has 2 aliphatic carbocycles. The Kier molecular flexibility index (Phi) is 3.76. The lowest BCUT2D eigenvalue weighted by atomic mass is 9.89. The quantitative estimate of drug-likeness (QED) is 0.599. The first kappa shape index (κ1) is 13.0. The largest absolute Gasteiger partial charge is 0.235 e. The highest BCUT2D eigenvalue weighted by Crippen LogP contribution is 2.47. The molecule has 2 nitrogen and oxygen atoms in total. The minimum absolute atomic E-state index is 0.283. The Balaban J connectivity index is 1.95. The van der Waals surface area contributed by atoms with Gasteiger partial charge in [0.1, 0.15) is 0 Å². The zero-order chi connectivity index (χ0) is 13.1. The summed E-state index contributed by atoms with van der Waals surface area (Å²) in [6, 6.07) is 8.52. The van der Waals surface area contributed by atoms with Crippen molar-refractivity contribution in [3.05, 3.63) is 29.8 Å². The highest BCUT2D eigenvalue weighted by molar-refractivity contribution is 8.00. The van der Waals surface area contributed by atoms with Gasteiger partial charge in [0.2, 0.25) is 6.08 Å². The molecule has 0 bridgehead atoms. The van der Waals surface area contributed by atoms with Gasteiger partial charge in [-0.1, -0.05) is 37.5 Å². The van der Waals surface area contributed by atoms with E-state index in [1.807, 2.05) is 17.8 Å². The lowest BCUT2D eigenvalue weighted by molar-refractivity contribution is 0.448. The van der Waals surface area contributed by atoms with E-state index in [-0.39, 0.29) is 5.54 Å². The van der Waals surface area contributed by atoms with Gasteiger partial charge in [-0.3, -0.25) is 0 Å². The van der Waals surface area contributed by atoms with Crippen LogP contribution in [0.25, 0.3) is 0 Å². The van der Waals surface area contributed by atoms with E-state index in [2.05, 4.69) is 29.3 Å². The van der Waals surface area contributed by atoms with Crippen molar-refractivity contribution in [2.75, 3.05) is 0 Å². The Morgan fingerprint density at radius 3 is 2.53 bits per heavy atom. The van der Waals surface area contributed by atoms with Crippen LogP contribution in [0.1, 0.15) is 50.5 Å². The van der Waals surface area contributed by atoms with E-state index in [4.69, 9.17) is 0 Å². The molecular weight excluding hydrogens is 254 g/mol. The van der Waals surface area contributed by atoms with Crippen molar-refractivity contribution in [3.63, 3.8) is 0 Å². The highest BCUT2D eigenvalue weighted by atomic mass is 32.2. The van der Waals surface area contributed by atoms with Crippen molar-refractivity contribution in [2.45, 2.75) is 60.6 Å². The standard InChI is InChI=1S/C16H19NOS/c18-12-17-16(10-3-4-11-16)14-8-1-2-9-15(14)19-13-6-5-7-13/h1-2,8-9,13H,3-7,10-11H2. The number of isocyanates is 1. The minimum Gasteiger partial charge on any atom is -0.211 e. The Labute approximate surface area is 118 Å². The van der Waals surface area contributed by atoms with Crippen LogP contribution in [0.3, 0.4) is 0 Å². The number of hydrogen-bond acceptors (Lipinski definition) is 3. The zero-order valence-electron chi connectivity index (χ0n) is 11.1. The van der Waals surface area contributed by atoms with Crippen LogP contribution >= 0.6 is 11.8 Å². The fraction of sp³-hybridized carbons (Fsp3) is 0.562. The van der Waals surface area contributed by atoms with Gasteiger partial charge in [0, 0.05) is 10.1 Å². The average Bonchev–Trinajstić information content (AvgIpc) is 2.84. The second-order valence-electron chi connectivity index (χ2n) is 5.61. The predicted octanol–water partition coefficient (Wildman–Crippen LogP) is 4.44. The summed E-state index contributed by atoms with van der Waals surface area (Å²) >= 11 is 1.98. The van der Waals surface area contributed by atoms with E-state index >= 15 is 0 Å². The molecule has 0 N–H and O–H groups in total. The second kappa shape index (κ2) is 5.52. The second-order valence-corrected chi connectivity index (χ2v) is 6.95. The maximum absolute atomic E-state index is 10.8. The third-order valence-electron chi connectivity index (χ3n) is 4.42. The fourth-order valence-electron chi connectivity index (χ4n) is 3.11. The predicted molar refractivity (Wildman–Crippen MR) is 78.2 cm³/mol. The monoisotopic (exact) mass is 273 g/mol. The van der Waals surface area contributed by atoms with Crippen LogP contribution in [-0.4, -0.2) is 11.3 Å². The van der Waals surface area contributed by atoms with Gasteiger partial charge in [-0.2, -0.15) is 4.99 Å². The van der Waals surface area contributed by atoms with Crippen LogP contribution in [0.15, 0.2) is 34.2 Å². The van der Waals surface area contributed by atoms with Crippen molar-refractivity contribution in [2.24, 2.45) is 4.99 Å². The van der Waals surface area contributed by atoms with Gasteiger partial charge in [0.15, 0.2) is 0 Å². The molecule has 3 heteroatoms. The molecule has 0 spiro atoms. The molecular formula is C16H19NOS. The number of carbonyl (C=O) groups excluding carboxylic acids is 1. The molecule has 0 aliphatic heterocycles. The maximum atomic E-state index is 10.8. The van der Waals surface area contributed by atoms with E-state index < -0.39 is 0 Å². The minimum atomic E-state index is -0.283.